The molecule has 0 radical (unpaired) electrons. The second-order valence-electron chi connectivity index (χ2n) is 5.05. The molecule has 1 unspecified atom stereocenters. The zero-order valence-corrected chi connectivity index (χ0v) is 11.5. The summed E-state index contributed by atoms with van der Waals surface area (Å²) in [6, 6.07) is 2.87. The van der Waals surface area contributed by atoms with Crippen LogP contribution < -0.4 is 0 Å². The van der Waals surface area contributed by atoms with Crippen LogP contribution in [0.4, 0.5) is 0 Å². The quantitative estimate of drug-likeness (QED) is 0.618. The molecule has 0 spiro atoms. The summed E-state index contributed by atoms with van der Waals surface area (Å²) in [6.07, 6.45) is 0. The van der Waals surface area contributed by atoms with Gasteiger partial charge in [0, 0.05) is 0 Å². The minimum absolute atomic E-state index is 0.523. The molecule has 0 heterocycles. The van der Waals surface area contributed by atoms with Gasteiger partial charge in [0.1, 0.15) is 8.96 Å². The average molecular weight is 201 g/mol. The van der Waals surface area contributed by atoms with Crippen molar-refractivity contribution in [1.82, 2.24) is 4.57 Å². The molecule has 13 heavy (non-hydrogen) atoms. The third-order valence-electron chi connectivity index (χ3n) is 2.65. The van der Waals surface area contributed by atoms with Crippen molar-refractivity contribution in [1.29, 1.82) is 0 Å². The van der Waals surface area contributed by atoms with Gasteiger partial charge in [-0.3, -0.25) is 0 Å². The van der Waals surface area contributed by atoms with Crippen LogP contribution in [0, 0.1) is 5.41 Å². The number of rotatable bonds is 5. The summed E-state index contributed by atoms with van der Waals surface area (Å²) in [7, 11) is -0.620. The SMILES string of the molecule is CCN(CC)[SiH](CC)CC(C)(C)C. The van der Waals surface area contributed by atoms with Crippen LogP contribution in [-0.2, 0) is 0 Å². The summed E-state index contributed by atoms with van der Waals surface area (Å²) in [5.41, 5.74) is 0.523. The lowest BCUT2D eigenvalue weighted by atomic mass is 10.0. The molecule has 0 N–H and O–H groups in total. The van der Waals surface area contributed by atoms with Gasteiger partial charge in [0.05, 0.1) is 0 Å². The van der Waals surface area contributed by atoms with Crippen LogP contribution in [-0.4, -0.2) is 26.6 Å². The predicted molar refractivity (Wildman–Crippen MR) is 64.8 cm³/mol. The Morgan fingerprint density at radius 3 is 1.69 bits per heavy atom. The minimum atomic E-state index is -0.620. The van der Waals surface area contributed by atoms with Crippen molar-refractivity contribution in [3.63, 3.8) is 0 Å². The molecule has 0 aliphatic rings. The topological polar surface area (TPSA) is 3.24 Å². The second kappa shape index (κ2) is 5.81. The molecule has 1 atom stereocenters. The van der Waals surface area contributed by atoms with Gasteiger partial charge in [-0.25, -0.2) is 0 Å². The molecule has 0 aliphatic carbocycles. The molecule has 0 aromatic rings. The highest BCUT2D eigenvalue weighted by atomic mass is 28.3. The van der Waals surface area contributed by atoms with Crippen LogP contribution in [0.2, 0.25) is 12.1 Å². The lowest BCUT2D eigenvalue weighted by Crippen LogP contribution is -2.40. The van der Waals surface area contributed by atoms with Crippen LogP contribution in [0.5, 0.6) is 0 Å². The molecular weight excluding hydrogens is 174 g/mol. The van der Waals surface area contributed by atoms with Crippen molar-refractivity contribution >= 4 is 8.96 Å². The predicted octanol–water partition coefficient (Wildman–Crippen LogP) is 3.12. The monoisotopic (exact) mass is 201 g/mol. The Bertz CT molecular complexity index is 125. The van der Waals surface area contributed by atoms with E-state index in [0.717, 1.165) is 0 Å². The molecule has 0 saturated heterocycles. The highest BCUT2D eigenvalue weighted by molar-refractivity contribution is 6.55. The molecular formula is C11H27NSi. The summed E-state index contributed by atoms with van der Waals surface area (Å²) in [6.45, 7) is 16.5. The Balaban J connectivity index is 4.15. The van der Waals surface area contributed by atoms with Gasteiger partial charge in [0.2, 0.25) is 0 Å². The fraction of sp³-hybridized carbons (Fsp3) is 1.00. The molecule has 1 nitrogen and oxygen atoms in total. The molecule has 0 amide bonds. The molecule has 0 rings (SSSR count). The fourth-order valence-electron chi connectivity index (χ4n) is 1.98. The molecule has 0 bridgehead atoms. The van der Waals surface area contributed by atoms with E-state index in [0.29, 0.717) is 5.41 Å². The van der Waals surface area contributed by atoms with E-state index in [1.807, 2.05) is 0 Å². The van der Waals surface area contributed by atoms with Crippen molar-refractivity contribution in [2.75, 3.05) is 13.1 Å². The molecule has 0 aromatic carbocycles. The van der Waals surface area contributed by atoms with Gasteiger partial charge in [0.25, 0.3) is 0 Å². The fourth-order valence-corrected chi connectivity index (χ4v) is 5.49. The van der Waals surface area contributed by atoms with Crippen LogP contribution in [0.15, 0.2) is 0 Å². The maximum absolute atomic E-state index is 2.71. The Kier molecular flexibility index (Phi) is 5.89. The van der Waals surface area contributed by atoms with E-state index in [9.17, 15) is 0 Å². The number of hydrogen-bond donors (Lipinski definition) is 0. The van der Waals surface area contributed by atoms with Gasteiger partial charge in [-0.2, -0.15) is 0 Å². The molecule has 2 heteroatoms. The standard InChI is InChI=1S/C11H27NSi/c1-7-12(8-2)13(9-3)10-11(4,5)6/h13H,7-10H2,1-6H3. The average Bonchev–Trinajstić information content (AvgIpc) is 2.02. The first-order valence-electron chi connectivity index (χ1n) is 5.68. The van der Waals surface area contributed by atoms with Crippen molar-refractivity contribution in [3.8, 4) is 0 Å². The first-order valence-corrected chi connectivity index (χ1v) is 7.83. The molecule has 0 aliphatic heterocycles. The third kappa shape index (κ3) is 5.48. The Morgan fingerprint density at radius 2 is 1.46 bits per heavy atom. The molecule has 0 aromatic heterocycles. The van der Waals surface area contributed by atoms with Crippen molar-refractivity contribution in [2.45, 2.75) is 53.6 Å². The number of nitrogens with zero attached hydrogens (tertiary/aromatic N) is 1. The Morgan fingerprint density at radius 1 is 1.00 bits per heavy atom. The largest absolute Gasteiger partial charge is 0.327 e. The highest BCUT2D eigenvalue weighted by Crippen LogP contribution is 2.24. The van der Waals surface area contributed by atoms with Gasteiger partial charge in [0.15, 0.2) is 0 Å². The Hall–Kier alpha value is 0.177. The van der Waals surface area contributed by atoms with Gasteiger partial charge in [-0.1, -0.05) is 41.5 Å². The lowest BCUT2D eigenvalue weighted by molar-refractivity contribution is 0.420. The van der Waals surface area contributed by atoms with E-state index in [1.54, 1.807) is 0 Å². The van der Waals surface area contributed by atoms with Crippen molar-refractivity contribution in [3.05, 3.63) is 0 Å². The maximum Gasteiger partial charge on any atom is 0.112 e. The summed E-state index contributed by atoms with van der Waals surface area (Å²) < 4.78 is 2.71. The van der Waals surface area contributed by atoms with E-state index in [1.165, 1.54) is 25.2 Å². The number of hydrogen-bond acceptors (Lipinski definition) is 1. The van der Waals surface area contributed by atoms with E-state index in [2.05, 4.69) is 46.1 Å². The third-order valence-corrected chi connectivity index (χ3v) is 7.05. The lowest BCUT2D eigenvalue weighted by Gasteiger charge is -2.32. The summed E-state index contributed by atoms with van der Waals surface area (Å²) in [4.78, 5) is 0. The minimum Gasteiger partial charge on any atom is -0.327 e. The van der Waals surface area contributed by atoms with E-state index in [4.69, 9.17) is 0 Å². The second-order valence-corrected chi connectivity index (χ2v) is 8.31. The summed E-state index contributed by atoms with van der Waals surface area (Å²) >= 11 is 0. The zero-order chi connectivity index (χ0) is 10.5. The molecule has 0 fully saturated rings. The zero-order valence-electron chi connectivity index (χ0n) is 10.4. The first kappa shape index (κ1) is 13.2. The van der Waals surface area contributed by atoms with E-state index < -0.39 is 8.96 Å². The van der Waals surface area contributed by atoms with Crippen LogP contribution in [0.25, 0.3) is 0 Å². The van der Waals surface area contributed by atoms with Gasteiger partial charge < -0.3 is 4.57 Å². The first-order chi connectivity index (χ1) is 5.94. The van der Waals surface area contributed by atoms with Crippen LogP contribution in [0.3, 0.4) is 0 Å². The highest BCUT2D eigenvalue weighted by Gasteiger charge is 2.22. The summed E-state index contributed by atoms with van der Waals surface area (Å²) in [5.74, 6) is 0. The van der Waals surface area contributed by atoms with Gasteiger partial charge in [-0.05, 0) is 30.6 Å². The molecule has 0 saturated carbocycles. The maximum atomic E-state index is 2.71. The van der Waals surface area contributed by atoms with E-state index in [-0.39, 0.29) is 0 Å². The van der Waals surface area contributed by atoms with Gasteiger partial charge in [-0.15, -0.1) is 0 Å². The van der Waals surface area contributed by atoms with Crippen molar-refractivity contribution < 1.29 is 0 Å². The molecule has 80 valence electrons. The summed E-state index contributed by atoms with van der Waals surface area (Å²) in [5, 5.41) is 0. The normalized spacial score (nSPS) is 15.0. The van der Waals surface area contributed by atoms with E-state index >= 15 is 0 Å². The Labute approximate surface area is 86.2 Å². The van der Waals surface area contributed by atoms with Crippen LogP contribution in [0.1, 0.15) is 41.5 Å². The van der Waals surface area contributed by atoms with Gasteiger partial charge >= 0.3 is 0 Å². The smallest absolute Gasteiger partial charge is 0.112 e. The van der Waals surface area contributed by atoms with Crippen molar-refractivity contribution in [2.24, 2.45) is 5.41 Å². The van der Waals surface area contributed by atoms with Crippen LogP contribution >= 0.6 is 0 Å².